The molecule has 4 rings (SSSR count). The van der Waals surface area contributed by atoms with E-state index in [1.165, 1.54) is 11.3 Å². The number of aliphatic imine (C=N–C) groups is 1. The van der Waals surface area contributed by atoms with Gasteiger partial charge in [0, 0.05) is 85.6 Å². The van der Waals surface area contributed by atoms with E-state index in [-0.39, 0.29) is 48.9 Å². The third-order valence-corrected chi connectivity index (χ3v) is 11.5. The highest BCUT2D eigenvalue weighted by atomic mass is 32.2. The molecule has 2 aliphatic rings. The fourth-order valence-electron chi connectivity index (χ4n) is 6.07. The summed E-state index contributed by atoms with van der Waals surface area (Å²) in [5, 5.41) is 4.59. The normalized spacial score (nSPS) is 16.6. The number of carbonyl (C=O) groups excluding carboxylic acids is 5. The Balaban J connectivity index is 1.42. The van der Waals surface area contributed by atoms with E-state index in [9.17, 15) is 24.0 Å². The zero-order valence-corrected chi connectivity index (χ0v) is 32.1. The number of likely N-dealkylation sites (N-methyl/N-ethyl adjacent to an activating group) is 1. The van der Waals surface area contributed by atoms with E-state index in [4.69, 9.17) is 9.72 Å². The first-order chi connectivity index (χ1) is 23.6. The SMILES string of the molecule is CCNC(=O)CCCCCN(CCN(C)C(=O)CC(C)(C)C1=C(C)C(=O)C(C)=C(C)C1=O)C(=O)Oc1ccc2nc(C3=NC(C)CS3)sc2c1. The Morgan fingerprint density at radius 2 is 1.72 bits per heavy atom. The molecule has 0 fully saturated rings. The topological polar surface area (TPSA) is 138 Å². The van der Waals surface area contributed by atoms with E-state index >= 15 is 0 Å². The van der Waals surface area contributed by atoms with E-state index in [0.717, 1.165) is 32.4 Å². The number of fused-ring (bicyclic) bond motifs is 1. The van der Waals surface area contributed by atoms with Crippen LogP contribution in [0.2, 0.25) is 0 Å². The summed E-state index contributed by atoms with van der Waals surface area (Å²) in [6.07, 6.45) is 2.00. The Morgan fingerprint density at radius 3 is 2.40 bits per heavy atom. The number of hydrogen-bond acceptors (Lipinski definition) is 10. The minimum atomic E-state index is -0.872. The zero-order valence-electron chi connectivity index (χ0n) is 30.4. The molecule has 50 heavy (non-hydrogen) atoms. The van der Waals surface area contributed by atoms with Crippen LogP contribution in [0.3, 0.4) is 0 Å². The number of Topliss-reactive ketones (excluding diaryl/α,β-unsaturated/α-hetero) is 2. The van der Waals surface area contributed by atoms with E-state index in [2.05, 4.69) is 17.2 Å². The minimum absolute atomic E-state index is 0.00752. The smallest absolute Gasteiger partial charge is 0.410 e. The highest BCUT2D eigenvalue weighted by Gasteiger charge is 2.39. The molecule has 0 saturated carbocycles. The van der Waals surface area contributed by atoms with Crippen molar-refractivity contribution in [2.45, 2.75) is 86.6 Å². The highest BCUT2D eigenvalue weighted by molar-refractivity contribution is 8.15. The van der Waals surface area contributed by atoms with Gasteiger partial charge >= 0.3 is 6.09 Å². The second-order valence-electron chi connectivity index (χ2n) is 13.6. The van der Waals surface area contributed by atoms with Crippen molar-refractivity contribution in [2.24, 2.45) is 10.4 Å². The number of ketones is 2. The fourth-order valence-corrected chi connectivity index (χ4v) is 8.15. The Hall–Kier alpha value is -3.84. The first kappa shape index (κ1) is 39.0. The van der Waals surface area contributed by atoms with Gasteiger partial charge in [0.2, 0.25) is 11.8 Å². The number of benzene rings is 1. The monoisotopic (exact) mass is 723 g/mol. The first-order valence-electron chi connectivity index (χ1n) is 17.2. The number of unbranched alkanes of at least 4 members (excludes halogenated alkanes) is 2. The molecule has 0 spiro atoms. The lowest BCUT2D eigenvalue weighted by molar-refractivity contribution is -0.132. The Bertz CT molecular complexity index is 1760. The van der Waals surface area contributed by atoms with Crippen LogP contribution in [0.25, 0.3) is 10.2 Å². The molecule has 13 heteroatoms. The van der Waals surface area contributed by atoms with Crippen molar-refractivity contribution in [3.8, 4) is 5.75 Å². The van der Waals surface area contributed by atoms with Gasteiger partial charge in [-0.15, -0.1) is 23.1 Å². The summed E-state index contributed by atoms with van der Waals surface area (Å²) in [4.78, 5) is 77.4. The van der Waals surface area contributed by atoms with Gasteiger partial charge in [0.05, 0.1) is 16.3 Å². The third-order valence-electron chi connectivity index (χ3n) is 9.10. The second-order valence-corrected chi connectivity index (χ2v) is 15.7. The van der Waals surface area contributed by atoms with E-state index < -0.39 is 11.5 Å². The van der Waals surface area contributed by atoms with Crippen molar-refractivity contribution in [3.05, 3.63) is 45.5 Å². The van der Waals surface area contributed by atoms with Crippen LogP contribution in [0.15, 0.2) is 45.5 Å². The average Bonchev–Trinajstić information content (AvgIpc) is 3.69. The molecule has 11 nitrogen and oxygen atoms in total. The molecule has 0 saturated heterocycles. The molecule has 1 atom stereocenters. The van der Waals surface area contributed by atoms with Crippen molar-refractivity contribution >= 4 is 67.8 Å². The van der Waals surface area contributed by atoms with Crippen LogP contribution < -0.4 is 10.1 Å². The number of thioether (sulfide) groups is 1. The molecule has 0 bridgehead atoms. The quantitative estimate of drug-likeness (QED) is 0.166. The van der Waals surface area contributed by atoms with Gasteiger partial charge in [0.1, 0.15) is 15.8 Å². The summed E-state index contributed by atoms with van der Waals surface area (Å²) in [7, 11) is 1.67. The number of nitrogens with one attached hydrogen (secondary N) is 1. The third kappa shape index (κ3) is 9.48. The highest BCUT2D eigenvalue weighted by Crippen LogP contribution is 2.39. The van der Waals surface area contributed by atoms with Crippen LogP contribution >= 0.6 is 23.1 Å². The van der Waals surface area contributed by atoms with Crippen molar-refractivity contribution in [3.63, 3.8) is 0 Å². The van der Waals surface area contributed by atoms with Gasteiger partial charge in [0.15, 0.2) is 11.6 Å². The van der Waals surface area contributed by atoms with E-state index in [0.29, 0.717) is 60.4 Å². The van der Waals surface area contributed by atoms with Crippen molar-refractivity contribution in [2.75, 3.05) is 39.0 Å². The molecular weight excluding hydrogens is 675 g/mol. The largest absolute Gasteiger partial charge is 0.415 e. The zero-order chi connectivity index (χ0) is 36.7. The van der Waals surface area contributed by atoms with Crippen LogP contribution in [0.1, 0.15) is 85.6 Å². The number of rotatable bonds is 15. The van der Waals surface area contributed by atoms with E-state index in [1.807, 2.05) is 32.9 Å². The Labute approximate surface area is 303 Å². The predicted octanol–water partition coefficient (Wildman–Crippen LogP) is 6.35. The molecule has 2 heterocycles. The first-order valence-corrected chi connectivity index (χ1v) is 19.0. The molecule has 270 valence electrons. The number of carbonyl (C=O) groups is 5. The van der Waals surface area contributed by atoms with Crippen LogP contribution in [0.5, 0.6) is 5.75 Å². The molecular formula is C37H49N5O6S2. The lowest BCUT2D eigenvalue weighted by Gasteiger charge is -2.33. The van der Waals surface area contributed by atoms with Gasteiger partial charge in [-0.25, -0.2) is 9.78 Å². The van der Waals surface area contributed by atoms with Gasteiger partial charge in [0.25, 0.3) is 0 Å². The fraction of sp³-hybridized carbons (Fsp3) is 0.541. The second kappa shape index (κ2) is 16.9. The standard InChI is InChI=1S/C37H49N5O6S2/c1-9-38-29(43)13-11-10-12-16-42(36(47)48-26-14-15-27-28(19-26)50-35(40-27)34-39-22(2)21-49-34)18-17-41(8)30(44)20-37(6,7)31-25(5)32(45)23(3)24(4)33(31)46/h14-15,19,22H,9-13,16-18,20-21H2,1-8H3,(H,38,43). The van der Waals surface area contributed by atoms with Crippen molar-refractivity contribution in [1.29, 1.82) is 0 Å². The number of amides is 3. The number of hydrogen-bond donors (Lipinski definition) is 1. The van der Waals surface area contributed by atoms with Crippen molar-refractivity contribution < 1.29 is 28.7 Å². The maximum Gasteiger partial charge on any atom is 0.415 e. The molecule has 1 aliphatic carbocycles. The number of allylic oxidation sites excluding steroid dienone is 4. The van der Waals surface area contributed by atoms with E-state index in [1.54, 1.807) is 55.4 Å². The summed E-state index contributed by atoms with van der Waals surface area (Å²) in [5.41, 5.74) is 1.55. The summed E-state index contributed by atoms with van der Waals surface area (Å²) in [5.74, 6) is 0.764. The minimum Gasteiger partial charge on any atom is -0.410 e. The molecule has 1 aromatic heterocycles. The molecule has 1 aliphatic heterocycles. The lowest BCUT2D eigenvalue weighted by Crippen LogP contribution is -2.42. The maximum atomic E-state index is 13.6. The number of aromatic nitrogens is 1. The molecule has 3 amide bonds. The summed E-state index contributed by atoms with van der Waals surface area (Å²) >= 11 is 3.21. The molecule has 0 radical (unpaired) electrons. The van der Waals surface area contributed by atoms with Gasteiger partial charge < -0.3 is 19.9 Å². The maximum absolute atomic E-state index is 13.6. The number of ether oxygens (including phenoxy) is 1. The molecule has 1 aromatic carbocycles. The summed E-state index contributed by atoms with van der Waals surface area (Å²) in [6.45, 7) is 14.0. The van der Waals surface area contributed by atoms with Gasteiger partial charge in [-0.05, 0) is 59.6 Å². The van der Waals surface area contributed by atoms with Crippen LogP contribution in [0.4, 0.5) is 4.79 Å². The Morgan fingerprint density at radius 1 is 1.00 bits per heavy atom. The summed E-state index contributed by atoms with van der Waals surface area (Å²) < 4.78 is 6.74. The van der Waals surface area contributed by atoms with Crippen LogP contribution in [-0.2, 0) is 19.2 Å². The van der Waals surface area contributed by atoms with Crippen LogP contribution in [-0.4, -0.2) is 94.3 Å². The predicted molar refractivity (Wildman–Crippen MR) is 200 cm³/mol. The lowest BCUT2D eigenvalue weighted by atomic mass is 9.71. The van der Waals surface area contributed by atoms with Gasteiger partial charge in [-0.2, -0.15) is 0 Å². The number of thiazole rings is 1. The molecule has 2 aromatic rings. The Kier molecular flexibility index (Phi) is 13.2. The average molecular weight is 724 g/mol. The van der Waals surface area contributed by atoms with Gasteiger partial charge in [-0.1, -0.05) is 20.3 Å². The molecule has 1 N–H and O–H groups in total. The van der Waals surface area contributed by atoms with Gasteiger partial charge in [-0.3, -0.25) is 24.2 Å². The summed E-state index contributed by atoms with van der Waals surface area (Å²) in [6, 6.07) is 5.64. The van der Waals surface area contributed by atoms with Crippen LogP contribution in [0, 0.1) is 5.41 Å². The molecule has 1 unspecified atom stereocenters. The number of nitrogens with zero attached hydrogens (tertiary/aromatic N) is 4. The van der Waals surface area contributed by atoms with Crippen molar-refractivity contribution in [1.82, 2.24) is 20.1 Å².